The minimum Gasteiger partial charge on any atom is -0.907 e. The summed E-state index contributed by atoms with van der Waals surface area (Å²) in [4.78, 5) is 0. The molecule has 0 aliphatic heterocycles. The quantitative estimate of drug-likeness (QED) is 0.338. The van der Waals surface area contributed by atoms with Crippen LogP contribution in [0.4, 0.5) is 79.0 Å². The van der Waals surface area contributed by atoms with Crippen LogP contribution >= 0.6 is 0 Å². The molecule has 0 radical (unpaired) electrons. The van der Waals surface area contributed by atoms with Gasteiger partial charge in [-0.15, -0.1) is 0 Å². The smallest absolute Gasteiger partial charge is 0.278 e. The molecule has 0 fully saturated rings. The van der Waals surface area contributed by atoms with Crippen molar-refractivity contribution in [2.75, 3.05) is 0 Å². The predicted molar refractivity (Wildman–Crippen MR) is 74.0 cm³/mol. The van der Waals surface area contributed by atoms with E-state index >= 15 is 0 Å². The molecule has 210 valence electrons. The van der Waals surface area contributed by atoms with Gasteiger partial charge in [-0.25, -0.2) is 0 Å². The molecule has 0 unspecified atom stereocenters. The van der Waals surface area contributed by atoms with Crippen molar-refractivity contribution in [1.82, 2.24) is 0 Å². The summed E-state index contributed by atoms with van der Waals surface area (Å²) in [5.41, 5.74) is 0. The van der Waals surface area contributed by atoms with E-state index in [1.807, 2.05) is 0 Å². The van der Waals surface area contributed by atoms with Crippen LogP contribution in [0.5, 0.6) is 0 Å². The third-order valence-electron chi connectivity index (χ3n) is 2.28. The molecule has 0 heterocycles. The first-order valence-electron chi connectivity index (χ1n) is 7.41. The Balaban J connectivity index is -0.000000205. The van der Waals surface area contributed by atoms with E-state index in [1.54, 1.807) is 0 Å². The zero-order valence-electron chi connectivity index (χ0n) is 16.7. The van der Waals surface area contributed by atoms with Gasteiger partial charge < -0.3 is 15.1 Å². The Hall–Kier alpha value is 0.864. The number of hydrogen-bond donors (Lipinski definition) is 0. The van der Waals surface area contributed by atoms with E-state index in [1.165, 1.54) is 0 Å². The van der Waals surface area contributed by atoms with Crippen molar-refractivity contribution in [1.29, 1.82) is 0 Å². The topological polar surface area (TPSA) is 96.9 Å². The largest absolute Gasteiger partial charge is 0.907 e. The van der Waals surface area contributed by atoms with E-state index in [0.29, 0.717) is 0 Å². The zero-order chi connectivity index (χ0) is 31.4. The maximum Gasteiger partial charge on any atom is -0.278 e. The molecule has 0 N–H and O–H groups in total. The van der Waals surface area contributed by atoms with Gasteiger partial charge in [-0.05, 0) is 0 Å². The fourth-order valence-corrected chi connectivity index (χ4v) is 2.26. The van der Waals surface area contributed by atoms with Crippen LogP contribution in [-0.4, -0.2) is 129 Å². The molecule has 0 atom stereocenters. The molecule has 0 aliphatic carbocycles. The Bertz CT molecular complexity index is 468. The Morgan fingerprint density at radius 1 is 0.378 bits per heavy atom. The molecular weight excluding hydrogens is 630 g/mol. The van der Waals surface area contributed by atoms with Crippen LogP contribution in [0.1, 0.15) is 0 Å². The molecule has 0 aromatic rings. The molecule has 0 rings (SSSR count). The van der Waals surface area contributed by atoms with Crippen LogP contribution in [0.3, 0.4) is 0 Å². The summed E-state index contributed by atoms with van der Waals surface area (Å²) in [6, 6.07) is 0. The van der Waals surface area contributed by atoms with E-state index < -0.39 is 62.7 Å². The van der Waals surface area contributed by atoms with Gasteiger partial charge in [-0.2, -0.15) is 0 Å². The van der Waals surface area contributed by atoms with Crippen molar-refractivity contribution in [2.45, 2.75) is 55.4 Å². The van der Waals surface area contributed by atoms with E-state index in [-0.39, 0.29) is 66.3 Å². The fourth-order valence-electron chi connectivity index (χ4n) is 1.12. The number of alkyl halides is 18. The van der Waals surface area contributed by atoms with Gasteiger partial charge in [0.15, 0.2) is 0 Å². The molecule has 28 heteroatoms. The Morgan fingerprint density at radius 3 is 0.459 bits per heavy atom. The maximum absolute atomic E-state index is 11.4. The summed E-state index contributed by atoms with van der Waals surface area (Å²) in [5, 5.41) is 25.2. The van der Waals surface area contributed by atoms with E-state index in [9.17, 15) is 79.0 Å². The van der Waals surface area contributed by atoms with Gasteiger partial charge in [-0.1, -0.05) is 0 Å². The van der Waals surface area contributed by atoms with Crippen molar-refractivity contribution in [2.24, 2.45) is 0 Å². The average Bonchev–Trinajstić information content (AvgIpc) is 2.48. The van der Waals surface area contributed by atoms with Crippen LogP contribution in [0.15, 0.2) is 0 Å². The predicted octanol–water partition coefficient (Wildman–Crippen LogP) is 0.791. The van der Waals surface area contributed by atoms with Gasteiger partial charge in [0.2, 0.25) is 0 Å². The van der Waals surface area contributed by atoms with Gasteiger partial charge in [0.25, 0.3) is 0 Å². The minimum absolute atomic E-state index is 0.161. The van der Waals surface area contributed by atoms with Gasteiger partial charge in [0.05, 0.1) is 0 Å². The SMILES string of the molecule is FC(F)(F)C([O][Mg+])C(F)(F)F.FC(F)(F)C([O][Mg+])C(F)(F)F.FC(F)(F)C([O][Mg+])C(F)(F)F.[O-]B([O-])[O-]. The molecule has 6 nitrogen and oxygen atoms in total. The Morgan fingerprint density at radius 2 is 0.459 bits per heavy atom. The summed E-state index contributed by atoms with van der Waals surface area (Å²) in [6.45, 7) is 0. The maximum atomic E-state index is 11.4. The van der Waals surface area contributed by atoms with Gasteiger partial charge in [0, 0.05) is 0 Å². The van der Waals surface area contributed by atoms with E-state index in [2.05, 4.69) is 9.51 Å². The van der Waals surface area contributed by atoms with Crippen molar-refractivity contribution >= 4 is 73.7 Å². The van der Waals surface area contributed by atoms with Crippen molar-refractivity contribution in [3.05, 3.63) is 0 Å². The van der Waals surface area contributed by atoms with Crippen LogP contribution in [-0.2, 0) is 9.51 Å². The molecule has 0 aliphatic rings. The third kappa shape index (κ3) is 24.4. The fraction of sp³-hybridized carbons (Fsp3) is 1.00. The summed E-state index contributed by atoms with van der Waals surface area (Å²) < 4.78 is 215. The second-order valence-corrected chi connectivity index (χ2v) is 6.18. The number of hydrogen-bond acceptors (Lipinski definition) is 6. The first-order chi connectivity index (χ1) is 15.8. The first-order valence-corrected chi connectivity index (χ1v) is 9.15. The molecular formula is C9H3BF18Mg3O6. The normalized spacial score (nSPS) is 13.5. The molecule has 0 aromatic heterocycles. The second kappa shape index (κ2) is 17.6. The zero-order valence-corrected chi connectivity index (χ0v) is 20.9. The monoisotopic (exact) mass is 632 g/mol. The van der Waals surface area contributed by atoms with Crippen molar-refractivity contribution < 1.29 is 104 Å². The molecule has 0 amide bonds. The summed E-state index contributed by atoms with van der Waals surface area (Å²) in [6.07, 6.45) is -43.4. The third-order valence-corrected chi connectivity index (χ3v) is 3.28. The second-order valence-electron chi connectivity index (χ2n) is 5.18. The van der Waals surface area contributed by atoms with Crippen LogP contribution in [0.2, 0.25) is 0 Å². The van der Waals surface area contributed by atoms with E-state index in [0.717, 1.165) is 0 Å². The van der Waals surface area contributed by atoms with Crippen LogP contribution in [0.25, 0.3) is 0 Å². The van der Waals surface area contributed by atoms with Crippen molar-refractivity contribution in [3.63, 3.8) is 0 Å². The molecule has 37 heavy (non-hydrogen) atoms. The Labute approximate surface area is 232 Å². The molecule has 0 saturated heterocycles. The summed E-state index contributed by atoms with van der Waals surface area (Å²) >= 11 is 0.483. The van der Waals surface area contributed by atoms with E-state index in [4.69, 9.17) is 15.1 Å². The van der Waals surface area contributed by atoms with Crippen LogP contribution < -0.4 is 15.1 Å². The number of halogens is 18. The van der Waals surface area contributed by atoms with Crippen molar-refractivity contribution in [3.8, 4) is 0 Å². The van der Waals surface area contributed by atoms with Gasteiger partial charge in [0.1, 0.15) is 0 Å². The van der Waals surface area contributed by atoms with Gasteiger partial charge in [-0.3, -0.25) is 7.32 Å². The van der Waals surface area contributed by atoms with Gasteiger partial charge >= 0.3 is 210 Å². The minimum atomic E-state index is -5.39. The van der Waals surface area contributed by atoms with Crippen LogP contribution in [0, 0.1) is 0 Å². The molecule has 0 saturated carbocycles. The standard InChI is InChI=1S/3C3HF6O.BO3.3Mg/c3*4-2(5,6)1(10)3(7,8)9;2-1(3)4;;;/h3*1H;;;;/q3*-1;-3;3*+2. The average molecular weight is 633 g/mol. The Kier molecular flexibility index (Phi) is 21.4. The molecule has 0 spiro atoms. The first kappa shape index (κ1) is 44.9. The molecule has 0 bridgehead atoms. The summed E-state index contributed by atoms with van der Waals surface area (Å²) in [5.74, 6) is 0. The molecule has 0 aromatic carbocycles. The number of rotatable bonds is 3. The summed E-state index contributed by atoms with van der Waals surface area (Å²) in [7, 11) is -2.92.